The van der Waals surface area contributed by atoms with E-state index in [1.54, 1.807) is 0 Å². The lowest BCUT2D eigenvalue weighted by atomic mass is 9.33. The summed E-state index contributed by atoms with van der Waals surface area (Å²) < 4.78 is 0. The van der Waals surface area contributed by atoms with Gasteiger partial charge in [0, 0.05) is 50.8 Å². The van der Waals surface area contributed by atoms with Crippen LogP contribution in [-0.2, 0) is 16.2 Å². The van der Waals surface area contributed by atoms with E-state index in [0.717, 1.165) is 6.42 Å². The maximum atomic E-state index is 2.80. The standard InChI is InChI=1S/C65H64BN3Si/c1-62(2,3)44-33-31-43(32-34-44)49-23-13-15-25-51(49)68-54-28-20-30-58-61(54)66-59-55(41-47(42-56(59)68)69-52-26-16-14-24-50(52)64(7)39-17-18-40-65(64,69)8)67(46-37-35-45(36-38-46)63(4,5)6)53-27-19-29-57(60(53)66)70(58,9)48-21-11-10-12-22-48/h10-16,19-38,41-42H,17-18,39-40H2,1-9H3. The fraction of sp³-hybridized carbons (Fsp3) is 0.262. The van der Waals surface area contributed by atoms with E-state index in [0.29, 0.717) is 0 Å². The number of para-hydroxylation sites is 2. The zero-order valence-electron chi connectivity index (χ0n) is 42.5. The number of fused-ring (bicyclic) bond motifs is 3. The molecule has 1 saturated carbocycles. The number of nitrogens with zero attached hydrogens (tertiary/aromatic N) is 3. The van der Waals surface area contributed by atoms with E-state index in [4.69, 9.17) is 0 Å². The monoisotopic (exact) mass is 925 g/mol. The molecule has 8 aromatic rings. The summed E-state index contributed by atoms with van der Waals surface area (Å²) in [5, 5.41) is 4.49. The van der Waals surface area contributed by atoms with Crippen LogP contribution in [0.4, 0.5) is 45.5 Å². The van der Waals surface area contributed by atoms with Crippen LogP contribution in [0.3, 0.4) is 0 Å². The van der Waals surface area contributed by atoms with Gasteiger partial charge in [-0.05, 0) is 123 Å². The summed E-state index contributed by atoms with van der Waals surface area (Å²) in [6.45, 7) is 21.7. The maximum absolute atomic E-state index is 2.80. The average Bonchev–Trinajstić information content (AvgIpc) is 3.58. The molecule has 0 amide bonds. The Morgan fingerprint density at radius 1 is 0.471 bits per heavy atom. The zero-order valence-corrected chi connectivity index (χ0v) is 43.5. The number of benzene rings is 8. The first-order valence-electron chi connectivity index (χ1n) is 25.9. The first-order chi connectivity index (χ1) is 33.6. The number of hydrogen-bond donors (Lipinski definition) is 0. The highest BCUT2D eigenvalue weighted by Gasteiger charge is 2.59. The Kier molecular flexibility index (Phi) is 9.30. The number of hydrogen-bond acceptors (Lipinski definition) is 3. The lowest BCUT2D eigenvalue weighted by Crippen LogP contribution is -2.83. The minimum Gasteiger partial charge on any atom is -0.334 e. The second-order valence-corrected chi connectivity index (χ2v) is 27.7. The Balaban J connectivity index is 1.16. The Bertz CT molecular complexity index is 3420. The first kappa shape index (κ1) is 43.5. The summed E-state index contributed by atoms with van der Waals surface area (Å²) in [5.74, 6) is 0. The van der Waals surface area contributed by atoms with Gasteiger partial charge in [0.25, 0.3) is 6.71 Å². The van der Waals surface area contributed by atoms with Crippen LogP contribution in [-0.4, -0.2) is 20.3 Å². The molecule has 13 rings (SSSR count). The van der Waals surface area contributed by atoms with Gasteiger partial charge < -0.3 is 14.7 Å². The van der Waals surface area contributed by atoms with Crippen molar-refractivity contribution in [2.24, 2.45) is 0 Å². The highest BCUT2D eigenvalue weighted by molar-refractivity contribution is 7.21. The van der Waals surface area contributed by atoms with E-state index in [9.17, 15) is 0 Å². The second-order valence-electron chi connectivity index (χ2n) is 23.8. The van der Waals surface area contributed by atoms with Gasteiger partial charge in [0.15, 0.2) is 0 Å². The van der Waals surface area contributed by atoms with Gasteiger partial charge in [-0.15, -0.1) is 0 Å². The van der Waals surface area contributed by atoms with Crippen molar-refractivity contribution in [1.29, 1.82) is 0 Å². The van der Waals surface area contributed by atoms with Crippen molar-refractivity contribution in [3.63, 3.8) is 0 Å². The lowest BCUT2D eigenvalue weighted by molar-refractivity contribution is 0.195. The zero-order chi connectivity index (χ0) is 48.1. The Hall–Kier alpha value is -6.56. The summed E-state index contributed by atoms with van der Waals surface area (Å²) in [4.78, 5) is 8.17. The molecule has 346 valence electrons. The SMILES string of the molecule is CC(C)(C)c1ccc(-c2ccccc2N2c3cc(N4c5ccccc5C5(C)CCCCC45C)cc4c3B3c5c(cccc5[Si](C)(c5ccccc5)c5cccc2c53)N4c2ccc(C(C)(C)C)cc2)cc1. The molecular formula is C65H64BN3Si. The molecule has 4 heterocycles. The summed E-state index contributed by atoms with van der Waals surface area (Å²) in [6.07, 6.45) is 4.82. The minimum atomic E-state index is -2.60. The van der Waals surface area contributed by atoms with Gasteiger partial charge in [0.1, 0.15) is 8.07 Å². The lowest BCUT2D eigenvalue weighted by Gasteiger charge is -2.52. The van der Waals surface area contributed by atoms with Gasteiger partial charge in [-0.1, -0.05) is 206 Å². The van der Waals surface area contributed by atoms with Crippen molar-refractivity contribution in [1.82, 2.24) is 0 Å². The summed E-state index contributed by atoms with van der Waals surface area (Å²) in [6, 6.07) is 68.9. The van der Waals surface area contributed by atoms with E-state index < -0.39 is 8.07 Å². The van der Waals surface area contributed by atoms with Crippen LogP contribution in [0.25, 0.3) is 11.1 Å². The summed E-state index contributed by atoms with van der Waals surface area (Å²) >= 11 is 0. The maximum Gasteiger partial charge on any atom is 0.251 e. The smallest absolute Gasteiger partial charge is 0.251 e. The molecule has 70 heavy (non-hydrogen) atoms. The Morgan fingerprint density at radius 2 is 1.00 bits per heavy atom. The third-order valence-corrected chi connectivity index (χ3v) is 22.5. The molecule has 1 fully saturated rings. The molecule has 4 aliphatic heterocycles. The van der Waals surface area contributed by atoms with E-state index >= 15 is 0 Å². The van der Waals surface area contributed by atoms with Crippen molar-refractivity contribution in [2.45, 2.75) is 109 Å². The predicted octanol–water partition coefficient (Wildman–Crippen LogP) is 13.2. The molecule has 5 aliphatic rings. The largest absolute Gasteiger partial charge is 0.334 e. The van der Waals surface area contributed by atoms with Crippen LogP contribution in [0, 0.1) is 0 Å². The van der Waals surface area contributed by atoms with E-state index in [2.05, 4.69) is 253 Å². The first-order valence-corrected chi connectivity index (χ1v) is 28.4. The Labute approximate surface area is 417 Å². The molecule has 0 saturated heterocycles. The van der Waals surface area contributed by atoms with E-state index in [1.807, 2.05) is 0 Å². The molecule has 5 heteroatoms. The average molecular weight is 926 g/mol. The van der Waals surface area contributed by atoms with Crippen molar-refractivity contribution < 1.29 is 0 Å². The van der Waals surface area contributed by atoms with Crippen LogP contribution >= 0.6 is 0 Å². The second kappa shape index (κ2) is 15.0. The summed E-state index contributed by atoms with van der Waals surface area (Å²) in [7, 11) is -2.60. The van der Waals surface area contributed by atoms with Crippen molar-refractivity contribution in [3.05, 3.63) is 193 Å². The topological polar surface area (TPSA) is 9.72 Å². The van der Waals surface area contributed by atoms with E-state index in [1.165, 1.54) is 125 Å². The molecule has 0 spiro atoms. The molecule has 0 radical (unpaired) electrons. The third-order valence-electron chi connectivity index (χ3n) is 18.0. The third kappa shape index (κ3) is 5.88. The highest BCUT2D eigenvalue weighted by atomic mass is 28.3. The normalized spacial score (nSPS) is 21.6. The quantitative estimate of drug-likeness (QED) is 0.159. The molecule has 8 aromatic carbocycles. The molecular weight excluding hydrogens is 862 g/mol. The van der Waals surface area contributed by atoms with Gasteiger partial charge in [0.2, 0.25) is 0 Å². The number of anilines is 8. The van der Waals surface area contributed by atoms with Gasteiger partial charge in [0.05, 0.1) is 11.2 Å². The van der Waals surface area contributed by atoms with Crippen LogP contribution in [0.15, 0.2) is 176 Å². The fourth-order valence-electron chi connectivity index (χ4n) is 14.1. The van der Waals surface area contributed by atoms with Gasteiger partial charge in [-0.2, -0.15) is 0 Å². The van der Waals surface area contributed by atoms with Gasteiger partial charge in [-0.3, -0.25) is 0 Å². The van der Waals surface area contributed by atoms with Crippen molar-refractivity contribution in [2.75, 3.05) is 14.7 Å². The molecule has 3 atom stereocenters. The van der Waals surface area contributed by atoms with Crippen LogP contribution in [0.5, 0.6) is 0 Å². The highest BCUT2D eigenvalue weighted by Crippen LogP contribution is 2.62. The fourth-order valence-corrected chi connectivity index (χ4v) is 18.4. The summed E-state index contributed by atoms with van der Waals surface area (Å²) in [5.41, 5.74) is 21.2. The van der Waals surface area contributed by atoms with Gasteiger partial charge >= 0.3 is 0 Å². The molecule has 0 N–H and O–H groups in total. The van der Waals surface area contributed by atoms with Crippen LogP contribution in [0.2, 0.25) is 6.55 Å². The Morgan fingerprint density at radius 3 is 1.64 bits per heavy atom. The molecule has 0 aromatic heterocycles. The molecule has 3 unspecified atom stereocenters. The molecule has 1 aliphatic carbocycles. The van der Waals surface area contributed by atoms with E-state index in [-0.39, 0.29) is 28.5 Å². The van der Waals surface area contributed by atoms with Crippen molar-refractivity contribution >= 4 is 92.2 Å². The van der Waals surface area contributed by atoms with Crippen molar-refractivity contribution in [3.8, 4) is 11.1 Å². The van der Waals surface area contributed by atoms with Gasteiger partial charge in [-0.25, -0.2) is 0 Å². The number of rotatable bonds is 5. The molecule has 3 nitrogen and oxygen atoms in total. The van der Waals surface area contributed by atoms with Crippen LogP contribution < -0.4 is 46.6 Å². The van der Waals surface area contributed by atoms with Crippen LogP contribution in [0.1, 0.15) is 97.8 Å². The predicted molar refractivity (Wildman–Crippen MR) is 303 cm³/mol. The molecule has 0 bridgehead atoms. The minimum absolute atomic E-state index is 0.0157.